The lowest BCUT2D eigenvalue weighted by molar-refractivity contribution is -0.142. The average Bonchev–Trinajstić information content (AvgIpc) is 2.49. The minimum Gasteiger partial charge on any atom is -0.426 e. The van der Waals surface area contributed by atoms with E-state index < -0.39 is 18.0 Å². The number of para-hydroxylation sites is 2. The van der Waals surface area contributed by atoms with Crippen molar-refractivity contribution in [3.63, 3.8) is 0 Å². The maximum absolute atomic E-state index is 11.7. The van der Waals surface area contributed by atoms with Crippen LogP contribution in [0, 0.1) is 0 Å². The highest BCUT2D eigenvalue weighted by molar-refractivity contribution is 5.84. The summed E-state index contributed by atoms with van der Waals surface area (Å²) >= 11 is 0. The molecule has 21 heavy (non-hydrogen) atoms. The summed E-state index contributed by atoms with van der Waals surface area (Å²) < 4.78 is 10.1. The molecule has 0 heterocycles. The first kappa shape index (κ1) is 14.7. The van der Waals surface area contributed by atoms with Gasteiger partial charge >= 0.3 is 11.9 Å². The first-order valence-corrected chi connectivity index (χ1v) is 6.43. The van der Waals surface area contributed by atoms with Crippen molar-refractivity contribution in [1.82, 2.24) is 0 Å². The van der Waals surface area contributed by atoms with Crippen LogP contribution in [-0.4, -0.2) is 18.0 Å². The Morgan fingerprint density at radius 1 is 0.857 bits per heavy atom. The molecule has 108 valence electrons. The Morgan fingerprint density at radius 2 is 1.33 bits per heavy atom. The number of hydrogen-bond donors (Lipinski definition) is 1. The van der Waals surface area contributed by atoms with Crippen molar-refractivity contribution in [1.29, 1.82) is 0 Å². The molecule has 0 bridgehead atoms. The van der Waals surface area contributed by atoms with Gasteiger partial charge in [0.1, 0.15) is 17.5 Å². The molecular formula is C16H15NO4. The molecule has 0 aliphatic rings. The standard InChI is InChI=1S/C16H15NO4/c17-14(16(19)21-13-9-5-2-6-10-13)11-15(18)20-12-7-3-1-4-8-12/h1-10,14H,11,17H2/t14-/m0/s1. The zero-order chi connectivity index (χ0) is 15.1. The third kappa shape index (κ3) is 4.74. The summed E-state index contributed by atoms with van der Waals surface area (Å²) in [5.74, 6) is -0.467. The van der Waals surface area contributed by atoms with E-state index >= 15 is 0 Å². The molecule has 0 unspecified atom stereocenters. The number of esters is 2. The molecule has 0 amide bonds. The van der Waals surface area contributed by atoms with Crippen molar-refractivity contribution in [2.75, 3.05) is 0 Å². The summed E-state index contributed by atoms with van der Waals surface area (Å²) in [4.78, 5) is 23.4. The largest absolute Gasteiger partial charge is 0.426 e. The molecule has 0 fully saturated rings. The van der Waals surface area contributed by atoms with Gasteiger partial charge in [0, 0.05) is 0 Å². The number of carbonyl (C=O) groups is 2. The van der Waals surface area contributed by atoms with Crippen LogP contribution in [0.25, 0.3) is 0 Å². The van der Waals surface area contributed by atoms with Crippen LogP contribution in [0.1, 0.15) is 6.42 Å². The van der Waals surface area contributed by atoms with Crippen molar-refractivity contribution < 1.29 is 19.1 Å². The molecule has 5 nitrogen and oxygen atoms in total. The van der Waals surface area contributed by atoms with E-state index in [0.29, 0.717) is 11.5 Å². The lowest BCUT2D eigenvalue weighted by Gasteiger charge is -2.10. The fraction of sp³-hybridized carbons (Fsp3) is 0.125. The van der Waals surface area contributed by atoms with E-state index in [1.165, 1.54) is 0 Å². The molecule has 2 aromatic rings. The number of rotatable bonds is 5. The predicted octanol–water partition coefficient (Wildman–Crippen LogP) is 1.91. The summed E-state index contributed by atoms with van der Waals surface area (Å²) in [6.45, 7) is 0. The van der Waals surface area contributed by atoms with Gasteiger partial charge in [-0.1, -0.05) is 36.4 Å². The molecule has 0 saturated heterocycles. The molecule has 5 heteroatoms. The first-order valence-electron chi connectivity index (χ1n) is 6.43. The third-order valence-corrected chi connectivity index (χ3v) is 2.63. The van der Waals surface area contributed by atoms with Gasteiger partial charge in [0.05, 0.1) is 6.42 Å². The van der Waals surface area contributed by atoms with Gasteiger partial charge in [-0.25, -0.2) is 4.79 Å². The maximum Gasteiger partial charge on any atom is 0.328 e. The van der Waals surface area contributed by atoms with Crippen LogP contribution >= 0.6 is 0 Å². The van der Waals surface area contributed by atoms with Crippen LogP contribution in [-0.2, 0) is 9.59 Å². The quantitative estimate of drug-likeness (QED) is 0.670. The van der Waals surface area contributed by atoms with Crippen LogP contribution in [0.5, 0.6) is 11.5 Å². The Kier molecular flexibility index (Phi) is 5.06. The molecule has 0 saturated carbocycles. The SMILES string of the molecule is N[C@@H](CC(=O)Oc1ccccc1)C(=O)Oc1ccccc1. The lowest BCUT2D eigenvalue weighted by Crippen LogP contribution is -2.37. The number of benzene rings is 2. The number of nitrogens with two attached hydrogens (primary N) is 1. The zero-order valence-electron chi connectivity index (χ0n) is 11.3. The number of hydrogen-bond acceptors (Lipinski definition) is 5. The Morgan fingerprint density at radius 3 is 1.86 bits per heavy atom. The molecule has 2 N–H and O–H groups in total. The van der Waals surface area contributed by atoms with Crippen molar-refractivity contribution in [3.05, 3.63) is 60.7 Å². The number of carbonyl (C=O) groups excluding carboxylic acids is 2. The third-order valence-electron chi connectivity index (χ3n) is 2.63. The maximum atomic E-state index is 11.7. The van der Waals surface area contributed by atoms with Crippen molar-refractivity contribution in [2.45, 2.75) is 12.5 Å². The van der Waals surface area contributed by atoms with E-state index in [1.807, 2.05) is 0 Å². The van der Waals surface area contributed by atoms with Gasteiger partial charge in [-0.15, -0.1) is 0 Å². The lowest BCUT2D eigenvalue weighted by atomic mass is 10.2. The zero-order valence-corrected chi connectivity index (χ0v) is 11.3. The Balaban J connectivity index is 1.84. The second-order valence-electron chi connectivity index (χ2n) is 4.33. The fourth-order valence-electron chi connectivity index (χ4n) is 1.60. The Bertz CT molecular complexity index is 598. The van der Waals surface area contributed by atoms with Crippen molar-refractivity contribution in [3.8, 4) is 11.5 Å². The Hall–Kier alpha value is -2.66. The van der Waals surface area contributed by atoms with E-state index in [2.05, 4.69) is 0 Å². The second kappa shape index (κ2) is 7.21. The molecule has 2 rings (SSSR count). The van der Waals surface area contributed by atoms with Gasteiger partial charge in [-0.3, -0.25) is 4.79 Å². The molecule has 0 aliphatic carbocycles. The van der Waals surface area contributed by atoms with E-state index in [9.17, 15) is 9.59 Å². The summed E-state index contributed by atoms with van der Waals surface area (Å²) in [7, 11) is 0. The van der Waals surface area contributed by atoms with Gasteiger partial charge in [0.2, 0.25) is 0 Å². The molecule has 1 atom stereocenters. The molecule has 0 radical (unpaired) electrons. The van der Waals surface area contributed by atoms with Gasteiger partial charge in [-0.2, -0.15) is 0 Å². The fourth-order valence-corrected chi connectivity index (χ4v) is 1.60. The minimum absolute atomic E-state index is 0.249. The number of ether oxygens (including phenoxy) is 2. The normalized spacial score (nSPS) is 11.5. The first-order chi connectivity index (χ1) is 10.1. The van der Waals surface area contributed by atoms with Gasteiger partial charge in [0.25, 0.3) is 0 Å². The topological polar surface area (TPSA) is 78.6 Å². The van der Waals surface area contributed by atoms with Gasteiger partial charge < -0.3 is 15.2 Å². The summed E-state index contributed by atoms with van der Waals surface area (Å²) in [5.41, 5.74) is 5.64. The van der Waals surface area contributed by atoms with Crippen LogP contribution in [0.2, 0.25) is 0 Å². The smallest absolute Gasteiger partial charge is 0.328 e. The molecule has 0 spiro atoms. The van der Waals surface area contributed by atoms with E-state index in [4.69, 9.17) is 15.2 Å². The predicted molar refractivity (Wildman–Crippen MR) is 76.7 cm³/mol. The van der Waals surface area contributed by atoms with E-state index in [-0.39, 0.29) is 6.42 Å². The summed E-state index contributed by atoms with van der Waals surface area (Å²) in [6, 6.07) is 16.0. The highest BCUT2D eigenvalue weighted by atomic mass is 16.5. The van der Waals surface area contributed by atoms with Crippen LogP contribution < -0.4 is 15.2 Å². The van der Waals surface area contributed by atoms with Crippen molar-refractivity contribution >= 4 is 11.9 Å². The highest BCUT2D eigenvalue weighted by Crippen LogP contribution is 2.12. The second-order valence-corrected chi connectivity index (χ2v) is 4.33. The van der Waals surface area contributed by atoms with Crippen molar-refractivity contribution in [2.24, 2.45) is 5.73 Å². The average molecular weight is 285 g/mol. The molecular weight excluding hydrogens is 270 g/mol. The minimum atomic E-state index is -1.07. The van der Waals surface area contributed by atoms with Gasteiger partial charge in [-0.05, 0) is 24.3 Å². The molecule has 2 aromatic carbocycles. The highest BCUT2D eigenvalue weighted by Gasteiger charge is 2.21. The van der Waals surface area contributed by atoms with Crippen LogP contribution in [0.15, 0.2) is 60.7 Å². The molecule has 0 aliphatic heterocycles. The van der Waals surface area contributed by atoms with E-state index in [1.54, 1.807) is 60.7 Å². The molecule has 0 aromatic heterocycles. The Labute approximate surface area is 122 Å². The van der Waals surface area contributed by atoms with E-state index in [0.717, 1.165) is 0 Å². The summed E-state index contributed by atoms with van der Waals surface area (Å²) in [5, 5.41) is 0. The summed E-state index contributed by atoms with van der Waals surface area (Å²) in [6.07, 6.45) is -0.249. The van der Waals surface area contributed by atoms with Gasteiger partial charge in [0.15, 0.2) is 0 Å². The van der Waals surface area contributed by atoms with Crippen LogP contribution in [0.3, 0.4) is 0 Å². The monoisotopic (exact) mass is 285 g/mol. The van der Waals surface area contributed by atoms with Crippen LogP contribution in [0.4, 0.5) is 0 Å².